The van der Waals surface area contributed by atoms with E-state index in [-0.39, 0.29) is 0 Å². The topological polar surface area (TPSA) is 35.0 Å². The molecule has 2 aromatic rings. The Labute approximate surface area is 120 Å². The lowest BCUT2D eigenvalue weighted by Crippen LogP contribution is -1.97. The summed E-state index contributed by atoms with van der Waals surface area (Å²) >= 11 is 7.67. The van der Waals surface area contributed by atoms with Crippen LogP contribution < -0.4 is 4.74 Å². The van der Waals surface area contributed by atoms with Crippen LogP contribution in [0.15, 0.2) is 34.9 Å². The maximum Gasteiger partial charge on any atom is 0.133 e. The number of thiol groups is 1. The van der Waals surface area contributed by atoms with Gasteiger partial charge in [-0.3, -0.25) is 0 Å². The molecule has 18 heavy (non-hydrogen) atoms. The van der Waals surface area contributed by atoms with Gasteiger partial charge < -0.3 is 4.74 Å². The number of hydrogen-bond donors (Lipinski definition) is 1. The minimum absolute atomic E-state index is 0.746. The zero-order valence-corrected chi connectivity index (χ0v) is 12.4. The normalized spacial score (nSPS) is 10.4. The molecule has 0 aliphatic heterocycles. The molecule has 0 atom stereocenters. The number of aromatic nitrogens is 2. The van der Waals surface area contributed by atoms with Gasteiger partial charge in [0.2, 0.25) is 0 Å². The molecule has 1 heterocycles. The van der Waals surface area contributed by atoms with Crippen molar-refractivity contribution in [1.29, 1.82) is 0 Å². The van der Waals surface area contributed by atoms with Gasteiger partial charge in [-0.15, -0.1) is 0 Å². The Hall–Kier alpha value is -1.07. The summed E-state index contributed by atoms with van der Waals surface area (Å²) in [6.07, 6.45) is 2.55. The van der Waals surface area contributed by atoms with E-state index < -0.39 is 0 Å². The maximum absolute atomic E-state index is 5.21. The van der Waals surface area contributed by atoms with E-state index in [9.17, 15) is 0 Å². The first-order chi connectivity index (χ1) is 8.74. The third kappa shape index (κ3) is 3.03. The van der Waals surface area contributed by atoms with Crippen molar-refractivity contribution in [3.8, 4) is 17.0 Å². The molecule has 0 bridgehead atoms. The van der Waals surface area contributed by atoms with Crippen LogP contribution in [0.5, 0.6) is 5.75 Å². The maximum atomic E-state index is 5.21. The van der Waals surface area contributed by atoms with Crippen LogP contribution in [-0.2, 0) is 6.42 Å². The third-order valence-corrected chi connectivity index (χ3v) is 3.33. The molecule has 2 rings (SSSR count). The lowest BCUT2D eigenvalue weighted by Gasteiger charge is -2.06. The quantitative estimate of drug-likeness (QED) is 0.875. The zero-order valence-electron chi connectivity index (χ0n) is 9.93. The largest absolute Gasteiger partial charge is 0.496 e. The van der Waals surface area contributed by atoms with Crippen molar-refractivity contribution in [3.63, 3.8) is 0 Å². The lowest BCUT2D eigenvalue weighted by atomic mass is 10.1. The Bertz CT molecular complexity index is 548. The van der Waals surface area contributed by atoms with Crippen LogP contribution in [0.4, 0.5) is 0 Å². The van der Waals surface area contributed by atoms with Crippen molar-refractivity contribution >= 4 is 28.6 Å². The summed E-state index contributed by atoms with van der Waals surface area (Å²) in [5.74, 6) is 2.37. The summed E-state index contributed by atoms with van der Waals surface area (Å²) in [5, 5.41) is 0. The summed E-state index contributed by atoms with van der Waals surface area (Å²) in [4.78, 5) is 8.72. The minimum Gasteiger partial charge on any atom is -0.496 e. The predicted octanol–water partition coefficient (Wildman–Crippen LogP) is 3.39. The van der Waals surface area contributed by atoms with Crippen molar-refractivity contribution in [2.24, 2.45) is 0 Å². The van der Waals surface area contributed by atoms with Crippen molar-refractivity contribution in [2.45, 2.75) is 6.42 Å². The average molecular weight is 325 g/mol. The second-order valence-electron chi connectivity index (χ2n) is 3.68. The fourth-order valence-electron chi connectivity index (χ4n) is 1.61. The number of ether oxygens (including phenoxy) is 1. The van der Waals surface area contributed by atoms with Crippen molar-refractivity contribution < 1.29 is 4.74 Å². The molecule has 0 aliphatic carbocycles. The summed E-state index contributed by atoms with van der Waals surface area (Å²) < 4.78 is 6.12. The van der Waals surface area contributed by atoms with Crippen LogP contribution in [0.1, 0.15) is 5.82 Å². The van der Waals surface area contributed by atoms with E-state index in [1.54, 1.807) is 13.3 Å². The van der Waals surface area contributed by atoms with Gasteiger partial charge in [0.1, 0.15) is 11.6 Å². The molecule has 0 radical (unpaired) electrons. The second kappa shape index (κ2) is 6.20. The highest BCUT2D eigenvalue weighted by Gasteiger charge is 2.05. The smallest absolute Gasteiger partial charge is 0.133 e. The number of halogens is 1. The number of benzene rings is 1. The van der Waals surface area contributed by atoms with E-state index in [1.165, 1.54) is 0 Å². The Kier molecular flexibility index (Phi) is 4.60. The highest BCUT2D eigenvalue weighted by atomic mass is 79.9. The molecule has 0 aliphatic rings. The van der Waals surface area contributed by atoms with E-state index in [1.807, 2.05) is 24.3 Å². The standard InChI is InChI=1S/C13H13BrN2OS/c1-17-12-3-2-9(8-10(12)14)11-4-6-15-13(16-11)5-7-18/h2-4,6,8,18H,5,7H2,1H3. The van der Waals surface area contributed by atoms with E-state index in [0.717, 1.165) is 39.5 Å². The van der Waals surface area contributed by atoms with Crippen LogP contribution in [0.2, 0.25) is 0 Å². The highest BCUT2D eigenvalue weighted by molar-refractivity contribution is 9.10. The van der Waals surface area contributed by atoms with Crippen LogP contribution in [0, 0.1) is 0 Å². The van der Waals surface area contributed by atoms with Crippen LogP contribution in [-0.4, -0.2) is 22.8 Å². The molecule has 5 heteroatoms. The Morgan fingerprint density at radius 1 is 1.33 bits per heavy atom. The van der Waals surface area contributed by atoms with Gasteiger partial charge in [0.05, 0.1) is 17.3 Å². The molecule has 0 unspecified atom stereocenters. The van der Waals surface area contributed by atoms with E-state index in [4.69, 9.17) is 4.74 Å². The molecule has 0 amide bonds. The van der Waals surface area contributed by atoms with Gasteiger partial charge in [-0.1, -0.05) is 0 Å². The van der Waals surface area contributed by atoms with Gasteiger partial charge >= 0.3 is 0 Å². The average Bonchev–Trinajstić information content (AvgIpc) is 2.39. The number of rotatable bonds is 4. The molecule has 3 nitrogen and oxygen atoms in total. The summed E-state index contributed by atoms with van der Waals surface area (Å²) in [7, 11) is 1.65. The first-order valence-electron chi connectivity index (χ1n) is 5.51. The van der Waals surface area contributed by atoms with Gasteiger partial charge in [0, 0.05) is 18.2 Å². The Balaban J connectivity index is 2.36. The van der Waals surface area contributed by atoms with Gasteiger partial charge in [-0.05, 0) is 45.9 Å². The molecule has 0 spiro atoms. The number of aryl methyl sites for hydroxylation is 1. The molecule has 0 N–H and O–H groups in total. The highest BCUT2D eigenvalue weighted by Crippen LogP contribution is 2.29. The Morgan fingerprint density at radius 2 is 2.17 bits per heavy atom. The van der Waals surface area contributed by atoms with Crippen LogP contribution in [0.3, 0.4) is 0 Å². The first-order valence-corrected chi connectivity index (χ1v) is 6.94. The van der Waals surface area contributed by atoms with Gasteiger partial charge in [0.15, 0.2) is 0 Å². The number of nitrogens with zero attached hydrogens (tertiary/aromatic N) is 2. The fourth-order valence-corrected chi connectivity index (χ4v) is 2.35. The molecule has 1 aromatic carbocycles. The molecule has 0 fully saturated rings. The zero-order chi connectivity index (χ0) is 13.0. The monoisotopic (exact) mass is 324 g/mol. The SMILES string of the molecule is COc1ccc(-c2ccnc(CCS)n2)cc1Br. The van der Waals surface area contributed by atoms with Crippen LogP contribution in [0.25, 0.3) is 11.3 Å². The van der Waals surface area contributed by atoms with Crippen molar-refractivity contribution in [2.75, 3.05) is 12.9 Å². The minimum atomic E-state index is 0.746. The van der Waals surface area contributed by atoms with Gasteiger partial charge in [-0.2, -0.15) is 12.6 Å². The molecule has 94 valence electrons. The van der Waals surface area contributed by atoms with Gasteiger partial charge in [-0.25, -0.2) is 9.97 Å². The molecule has 0 saturated carbocycles. The fraction of sp³-hybridized carbons (Fsp3) is 0.231. The summed E-state index contributed by atoms with van der Waals surface area (Å²) in [6.45, 7) is 0. The number of methoxy groups -OCH3 is 1. The van der Waals surface area contributed by atoms with Crippen molar-refractivity contribution in [1.82, 2.24) is 9.97 Å². The van der Waals surface area contributed by atoms with E-state index in [2.05, 4.69) is 38.5 Å². The van der Waals surface area contributed by atoms with Crippen LogP contribution >= 0.6 is 28.6 Å². The Morgan fingerprint density at radius 3 is 2.83 bits per heavy atom. The molecular formula is C13H13BrN2OS. The lowest BCUT2D eigenvalue weighted by molar-refractivity contribution is 0.412. The summed E-state index contributed by atoms with van der Waals surface area (Å²) in [5.41, 5.74) is 1.94. The van der Waals surface area contributed by atoms with Gasteiger partial charge in [0.25, 0.3) is 0 Å². The van der Waals surface area contributed by atoms with E-state index >= 15 is 0 Å². The first kappa shape index (κ1) is 13.4. The third-order valence-electron chi connectivity index (χ3n) is 2.49. The summed E-state index contributed by atoms with van der Waals surface area (Å²) in [6, 6.07) is 7.79. The predicted molar refractivity (Wildman–Crippen MR) is 79.3 cm³/mol. The molecular weight excluding hydrogens is 312 g/mol. The van der Waals surface area contributed by atoms with Crippen molar-refractivity contribution in [3.05, 3.63) is 40.8 Å². The second-order valence-corrected chi connectivity index (χ2v) is 4.98. The number of hydrogen-bond acceptors (Lipinski definition) is 4. The van der Waals surface area contributed by atoms with E-state index in [0.29, 0.717) is 0 Å². The molecule has 1 aromatic heterocycles. The molecule has 0 saturated heterocycles.